The Morgan fingerprint density at radius 1 is 1.00 bits per heavy atom. The van der Waals surface area contributed by atoms with Gasteiger partial charge in [-0.2, -0.15) is 11.8 Å². The number of pyridine rings is 1. The molecule has 10 heteroatoms. The van der Waals surface area contributed by atoms with Crippen LogP contribution in [0, 0.1) is 5.82 Å². The van der Waals surface area contributed by atoms with Crippen LogP contribution in [-0.2, 0) is 0 Å². The van der Waals surface area contributed by atoms with Crippen LogP contribution in [0.15, 0.2) is 46.1 Å². The van der Waals surface area contributed by atoms with Crippen molar-refractivity contribution in [2.24, 2.45) is 0 Å². The van der Waals surface area contributed by atoms with E-state index in [0.717, 1.165) is 49.1 Å². The van der Waals surface area contributed by atoms with E-state index in [1.807, 2.05) is 23.9 Å². The number of thioether (sulfide) groups is 1. The van der Waals surface area contributed by atoms with E-state index in [2.05, 4.69) is 17.2 Å². The van der Waals surface area contributed by atoms with Crippen LogP contribution in [0.3, 0.4) is 0 Å². The Morgan fingerprint density at radius 3 is 2.41 bits per heavy atom. The van der Waals surface area contributed by atoms with Gasteiger partial charge < -0.3 is 10.1 Å². The molecule has 1 saturated carbocycles. The molecule has 220 valence electrons. The van der Waals surface area contributed by atoms with Gasteiger partial charge in [0.1, 0.15) is 17.2 Å². The maximum absolute atomic E-state index is 14.1. The average Bonchev–Trinajstić information content (AvgIpc) is 2.99. The molecule has 0 radical (unpaired) electrons. The Kier molecular flexibility index (Phi) is 9.80. The quantitative estimate of drug-likeness (QED) is 0.311. The molecule has 1 aromatic carbocycles. The Bertz CT molecular complexity index is 1460. The van der Waals surface area contributed by atoms with Gasteiger partial charge in [0.2, 0.25) is 0 Å². The Balaban J connectivity index is 1.25. The number of fused-ring (bicyclic) bond motifs is 1. The van der Waals surface area contributed by atoms with Crippen LogP contribution in [0.25, 0.3) is 11.0 Å². The maximum Gasteiger partial charge on any atom is 0.333 e. The molecule has 41 heavy (non-hydrogen) atoms. The number of amides is 1. The first-order chi connectivity index (χ1) is 20.0. The topological polar surface area (TPSA) is 95.2 Å². The second-order valence-electron chi connectivity index (χ2n) is 11.1. The lowest BCUT2D eigenvalue weighted by atomic mass is 9.90. The number of nitrogens with zero attached hydrogens (tertiary/aromatic N) is 3. The monoisotopic (exact) mass is 582 g/mol. The van der Waals surface area contributed by atoms with Crippen molar-refractivity contribution in [3.8, 4) is 5.75 Å². The number of halogens is 1. The minimum atomic E-state index is -0.594. The molecule has 8 nitrogen and oxygen atoms in total. The highest BCUT2D eigenvalue weighted by atomic mass is 32.2. The van der Waals surface area contributed by atoms with Gasteiger partial charge >= 0.3 is 5.69 Å². The number of nitrogens with one attached hydrogen (secondary N) is 1. The minimum Gasteiger partial charge on any atom is -0.494 e. The molecular weight excluding hydrogens is 543 g/mol. The largest absolute Gasteiger partial charge is 0.494 e. The molecular formula is C31H39FN4O4S. The predicted molar refractivity (Wildman–Crippen MR) is 161 cm³/mol. The van der Waals surface area contributed by atoms with Crippen LogP contribution >= 0.6 is 11.8 Å². The number of carbonyl (C=O) groups excluding carboxylic acids is 1. The summed E-state index contributed by atoms with van der Waals surface area (Å²) in [4.78, 5) is 44.3. The van der Waals surface area contributed by atoms with Crippen molar-refractivity contribution in [2.45, 2.75) is 89.3 Å². The standard InChI is InChI=1S/C31H39FN4O4S/c1-2-3-4-5-16-40-26-12-6-21(7-13-26)29(37)34-23-8-10-24(11-9-23)36-30(38)27-19-22(32)20-33-28(27)35(31(36)39)25-14-17-41-18-15-25/h6-7,12-13,19-20,23-25H,2-5,8-11,14-18H2,1H3,(H,34,37). The Hall–Kier alpha value is -3.14. The zero-order valence-corrected chi connectivity index (χ0v) is 24.5. The van der Waals surface area contributed by atoms with Crippen LogP contribution in [0.5, 0.6) is 5.75 Å². The van der Waals surface area contributed by atoms with E-state index in [-0.39, 0.29) is 40.8 Å². The van der Waals surface area contributed by atoms with E-state index >= 15 is 0 Å². The molecule has 1 aliphatic carbocycles. The third kappa shape index (κ3) is 6.85. The Labute approximate surface area is 243 Å². The first-order valence-corrected chi connectivity index (χ1v) is 16.1. The summed E-state index contributed by atoms with van der Waals surface area (Å²) in [6, 6.07) is 7.96. The summed E-state index contributed by atoms with van der Waals surface area (Å²) in [5.74, 6) is 1.87. The van der Waals surface area contributed by atoms with Gasteiger partial charge in [-0.1, -0.05) is 26.2 Å². The molecule has 2 fully saturated rings. The van der Waals surface area contributed by atoms with Gasteiger partial charge in [-0.05, 0) is 86.8 Å². The van der Waals surface area contributed by atoms with Crippen molar-refractivity contribution in [1.82, 2.24) is 19.4 Å². The lowest BCUT2D eigenvalue weighted by Crippen LogP contribution is -2.46. The number of aromatic nitrogens is 3. The molecule has 2 aromatic heterocycles. The molecule has 0 atom stereocenters. The van der Waals surface area contributed by atoms with Gasteiger partial charge in [-0.25, -0.2) is 14.2 Å². The van der Waals surface area contributed by atoms with Crippen LogP contribution in [-0.4, -0.2) is 44.2 Å². The molecule has 3 heterocycles. The summed E-state index contributed by atoms with van der Waals surface area (Å²) in [6.45, 7) is 2.85. The van der Waals surface area contributed by atoms with Crippen LogP contribution in [0.1, 0.15) is 93.6 Å². The van der Waals surface area contributed by atoms with Crippen molar-refractivity contribution < 1.29 is 13.9 Å². The summed E-state index contributed by atoms with van der Waals surface area (Å²) in [6.07, 6.45) is 9.67. The second-order valence-corrected chi connectivity index (χ2v) is 12.3. The van der Waals surface area contributed by atoms with Gasteiger partial charge in [-0.15, -0.1) is 0 Å². The fourth-order valence-corrected chi connectivity index (χ4v) is 7.05. The van der Waals surface area contributed by atoms with Gasteiger partial charge in [-0.3, -0.25) is 18.7 Å². The van der Waals surface area contributed by atoms with Crippen molar-refractivity contribution in [1.29, 1.82) is 0 Å². The fourth-order valence-electron chi connectivity index (χ4n) is 5.97. The SMILES string of the molecule is CCCCCCOc1ccc(C(=O)NC2CCC(n3c(=O)c4cc(F)cnc4n(C4CCSCC4)c3=O)CC2)cc1. The average molecular weight is 583 g/mol. The van der Waals surface area contributed by atoms with Crippen molar-refractivity contribution in [3.05, 3.63) is 68.7 Å². The van der Waals surface area contributed by atoms with E-state index in [9.17, 15) is 18.8 Å². The number of ether oxygens (including phenoxy) is 1. The highest BCUT2D eigenvalue weighted by molar-refractivity contribution is 7.99. The lowest BCUT2D eigenvalue weighted by molar-refractivity contribution is 0.0921. The van der Waals surface area contributed by atoms with Crippen LogP contribution < -0.4 is 21.3 Å². The number of hydrogen-bond acceptors (Lipinski definition) is 6. The number of unbranched alkanes of at least 4 members (excludes halogenated alkanes) is 3. The van der Waals surface area contributed by atoms with Crippen LogP contribution in [0.2, 0.25) is 0 Å². The smallest absolute Gasteiger partial charge is 0.333 e. The summed E-state index contributed by atoms with van der Waals surface area (Å²) >= 11 is 1.85. The first-order valence-electron chi connectivity index (χ1n) is 14.9. The minimum absolute atomic E-state index is 0.0545. The lowest BCUT2D eigenvalue weighted by Gasteiger charge is -2.31. The van der Waals surface area contributed by atoms with E-state index < -0.39 is 11.4 Å². The summed E-state index contributed by atoms with van der Waals surface area (Å²) in [5, 5.41) is 3.26. The van der Waals surface area contributed by atoms with Gasteiger partial charge in [0.05, 0.1) is 18.2 Å². The Morgan fingerprint density at radius 2 is 1.71 bits per heavy atom. The molecule has 1 aliphatic heterocycles. The molecule has 0 bridgehead atoms. The zero-order valence-electron chi connectivity index (χ0n) is 23.6. The summed E-state index contributed by atoms with van der Waals surface area (Å²) in [5.41, 5.74) is -0.0140. The molecule has 1 N–H and O–H groups in total. The van der Waals surface area contributed by atoms with Gasteiger partial charge in [0, 0.05) is 23.7 Å². The molecule has 1 amide bonds. The van der Waals surface area contributed by atoms with E-state index in [0.29, 0.717) is 37.9 Å². The summed E-state index contributed by atoms with van der Waals surface area (Å²) < 4.78 is 22.9. The van der Waals surface area contributed by atoms with Crippen molar-refractivity contribution in [3.63, 3.8) is 0 Å². The normalized spacial score (nSPS) is 19.8. The first kappa shape index (κ1) is 29.4. The van der Waals surface area contributed by atoms with Gasteiger partial charge in [0.15, 0.2) is 0 Å². The number of hydrogen-bond donors (Lipinski definition) is 1. The summed E-state index contributed by atoms with van der Waals surface area (Å²) in [7, 11) is 0. The second kappa shape index (κ2) is 13.7. The maximum atomic E-state index is 14.1. The molecule has 0 spiro atoms. The van der Waals surface area contributed by atoms with E-state index in [4.69, 9.17) is 4.74 Å². The predicted octanol–water partition coefficient (Wildman–Crippen LogP) is 5.64. The fraction of sp³-hybridized carbons (Fsp3) is 0.548. The third-order valence-corrected chi connectivity index (χ3v) is 9.31. The third-order valence-electron chi connectivity index (χ3n) is 8.26. The van der Waals surface area contributed by atoms with E-state index in [1.54, 1.807) is 16.7 Å². The number of rotatable bonds is 10. The van der Waals surface area contributed by atoms with Crippen molar-refractivity contribution in [2.75, 3.05) is 18.1 Å². The molecule has 0 unspecified atom stereocenters. The molecule has 5 rings (SSSR count). The van der Waals surface area contributed by atoms with Crippen LogP contribution in [0.4, 0.5) is 4.39 Å². The zero-order chi connectivity index (χ0) is 28.8. The highest BCUT2D eigenvalue weighted by Gasteiger charge is 2.29. The molecule has 1 saturated heterocycles. The number of carbonyl (C=O) groups is 1. The van der Waals surface area contributed by atoms with Crippen molar-refractivity contribution >= 4 is 28.7 Å². The molecule has 2 aliphatic rings. The highest BCUT2D eigenvalue weighted by Crippen LogP contribution is 2.30. The van der Waals surface area contributed by atoms with Gasteiger partial charge in [0.25, 0.3) is 11.5 Å². The molecule has 3 aromatic rings. The van der Waals surface area contributed by atoms with E-state index in [1.165, 1.54) is 23.5 Å². The number of benzene rings is 1.